The van der Waals surface area contributed by atoms with Crippen molar-refractivity contribution >= 4 is 23.1 Å². The predicted molar refractivity (Wildman–Crippen MR) is 105 cm³/mol. The first-order valence-electron chi connectivity index (χ1n) is 8.71. The van der Waals surface area contributed by atoms with Gasteiger partial charge in [-0.2, -0.15) is 0 Å². The summed E-state index contributed by atoms with van der Waals surface area (Å²) in [5, 5.41) is 12.5. The average molecular weight is 403 g/mol. The maximum atomic E-state index is 12.9. The van der Waals surface area contributed by atoms with Crippen LogP contribution in [0.3, 0.4) is 0 Å². The van der Waals surface area contributed by atoms with E-state index in [1.807, 2.05) is 11.5 Å². The Balaban J connectivity index is 1.34. The van der Waals surface area contributed by atoms with Gasteiger partial charge < -0.3 is 9.30 Å². The smallest absolute Gasteiger partial charge is 0.191 e. The van der Waals surface area contributed by atoms with Crippen LogP contribution in [0.2, 0.25) is 0 Å². The van der Waals surface area contributed by atoms with Crippen molar-refractivity contribution in [2.24, 2.45) is 0 Å². The van der Waals surface area contributed by atoms with Gasteiger partial charge in [-0.25, -0.2) is 9.37 Å². The molecule has 27 heavy (non-hydrogen) atoms. The Hall–Kier alpha value is -2.19. The molecule has 0 amide bonds. The third kappa shape index (κ3) is 4.56. The van der Waals surface area contributed by atoms with Crippen molar-refractivity contribution in [3.63, 3.8) is 0 Å². The van der Waals surface area contributed by atoms with Gasteiger partial charge in [0, 0.05) is 23.6 Å². The zero-order valence-electron chi connectivity index (χ0n) is 14.7. The summed E-state index contributed by atoms with van der Waals surface area (Å²) in [5.74, 6) is 2.72. The standard InChI is InChI=1S/C19H19FN4OS2/c1-2-9-24-18(13-3-4-13)22-23-19(24)27-12-15-11-26-17(21-15)10-25-16-7-5-14(20)6-8-16/h2,5-8,11,13H,1,3-4,9-10,12H2. The summed E-state index contributed by atoms with van der Waals surface area (Å²) in [5.41, 5.74) is 0.990. The molecule has 1 saturated carbocycles. The molecule has 1 fully saturated rings. The van der Waals surface area contributed by atoms with Gasteiger partial charge in [-0.3, -0.25) is 0 Å². The molecular weight excluding hydrogens is 383 g/mol. The Morgan fingerprint density at radius 3 is 2.85 bits per heavy atom. The van der Waals surface area contributed by atoms with E-state index in [4.69, 9.17) is 4.74 Å². The number of aromatic nitrogens is 4. The maximum Gasteiger partial charge on any atom is 0.191 e. The molecule has 0 saturated heterocycles. The van der Waals surface area contributed by atoms with Crippen LogP contribution < -0.4 is 4.74 Å². The third-order valence-electron chi connectivity index (χ3n) is 4.12. The van der Waals surface area contributed by atoms with Crippen molar-refractivity contribution in [3.05, 3.63) is 64.6 Å². The largest absolute Gasteiger partial charge is 0.486 e. The first-order valence-corrected chi connectivity index (χ1v) is 10.6. The van der Waals surface area contributed by atoms with E-state index in [-0.39, 0.29) is 5.82 Å². The highest BCUT2D eigenvalue weighted by Crippen LogP contribution is 2.40. The molecule has 1 aliphatic carbocycles. The number of halogens is 1. The molecule has 3 aromatic rings. The molecule has 5 nitrogen and oxygen atoms in total. The molecule has 0 aliphatic heterocycles. The number of rotatable bonds is 9. The van der Waals surface area contributed by atoms with Crippen molar-refractivity contribution in [2.75, 3.05) is 0 Å². The number of allylic oxidation sites excluding steroid dienone is 1. The summed E-state index contributed by atoms with van der Waals surface area (Å²) < 4.78 is 20.7. The highest BCUT2D eigenvalue weighted by molar-refractivity contribution is 7.98. The Labute approximate surface area is 165 Å². The quantitative estimate of drug-likeness (QED) is 0.380. The van der Waals surface area contributed by atoms with Crippen LogP contribution in [-0.4, -0.2) is 19.7 Å². The number of thioether (sulfide) groups is 1. The minimum atomic E-state index is -0.273. The van der Waals surface area contributed by atoms with Crippen LogP contribution in [0.5, 0.6) is 5.75 Å². The Morgan fingerprint density at radius 1 is 1.30 bits per heavy atom. The van der Waals surface area contributed by atoms with Gasteiger partial charge >= 0.3 is 0 Å². The topological polar surface area (TPSA) is 52.8 Å². The molecular formula is C19H19FN4OS2. The molecule has 1 aromatic carbocycles. The molecule has 0 spiro atoms. The summed E-state index contributed by atoms with van der Waals surface area (Å²) in [4.78, 5) is 4.61. The fourth-order valence-electron chi connectivity index (χ4n) is 2.65. The second kappa shape index (κ2) is 8.22. The highest BCUT2D eigenvalue weighted by atomic mass is 32.2. The lowest BCUT2D eigenvalue weighted by Crippen LogP contribution is -2.02. The fourth-order valence-corrected chi connectivity index (χ4v) is 4.30. The summed E-state index contributed by atoms with van der Waals surface area (Å²) in [7, 11) is 0. The molecule has 140 valence electrons. The van der Waals surface area contributed by atoms with Crippen LogP contribution in [-0.2, 0) is 18.9 Å². The minimum absolute atomic E-state index is 0.273. The number of ether oxygens (including phenoxy) is 1. The van der Waals surface area contributed by atoms with Gasteiger partial charge in [0.25, 0.3) is 0 Å². The third-order valence-corrected chi connectivity index (χ3v) is 6.00. The molecule has 0 atom stereocenters. The van der Waals surface area contributed by atoms with Gasteiger partial charge in [0.05, 0.1) is 5.69 Å². The summed E-state index contributed by atoms with van der Waals surface area (Å²) in [6, 6.07) is 6.00. The van der Waals surface area contributed by atoms with Crippen molar-refractivity contribution in [1.82, 2.24) is 19.7 Å². The second-order valence-corrected chi connectivity index (χ2v) is 8.16. The first-order chi connectivity index (χ1) is 13.2. The van der Waals surface area contributed by atoms with Gasteiger partial charge in [0.15, 0.2) is 5.16 Å². The number of hydrogen-bond acceptors (Lipinski definition) is 6. The van der Waals surface area contributed by atoms with Crippen LogP contribution in [0.15, 0.2) is 47.5 Å². The lowest BCUT2D eigenvalue weighted by atomic mass is 10.3. The Morgan fingerprint density at radius 2 is 2.11 bits per heavy atom. The van der Waals surface area contributed by atoms with E-state index in [2.05, 4.69) is 26.3 Å². The van der Waals surface area contributed by atoms with Gasteiger partial charge in [-0.05, 0) is 37.1 Å². The normalized spacial score (nSPS) is 13.7. The summed E-state index contributed by atoms with van der Waals surface area (Å²) in [6.07, 6.45) is 4.28. The number of thiazole rings is 1. The van der Waals surface area contributed by atoms with Crippen LogP contribution in [0.1, 0.15) is 35.3 Å². The van der Waals surface area contributed by atoms with Crippen molar-refractivity contribution in [2.45, 2.75) is 42.8 Å². The van der Waals surface area contributed by atoms with E-state index >= 15 is 0 Å². The van der Waals surface area contributed by atoms with E-state index in [0.29, 0.717) is 18.3 Å². The lowest BCUT2D eigenvalue weighted by Gasteiger charge is -2.06. The van der Waals surface area contributed by atoms with Crippen molar-refractivity contribution in [3.8, 4) is 5.75 Å². The monoisotopic (exact) mass is 402 g/mol. The van der Waals surface area contributed by atoms with E-state index in [1.165, 1.54) is 25.0 Å². The van der Waals surface area contributed by atoms with Gasteiger partial charge in [0.2, 0.25) is 0 Å². The Bertz CT molecular complexity index is 918. The number of nitrogens with zero attached hydrogens (tertiary/aromatic N) is 4. The SMILES string of the molecule is C=CCn1c(SCc2csc(COc3ccc(F)cc3)n2)nnc1C1CC1. The van der Waals surface area contributed by atoms with E-state index in [1.54, 1.807) is 35.2 Å². The van der Waals surface area contributed by atoms with Gasteiger partial charge in [0.1, 0.15) is 29.0 Å². The van der Waals surface area contributed by atoms with E-state index in [9.17, 15) is 4.39 Å². The minimum Gasteiger partial charge on any atom is -0.486 e. The molecule has 0 unspecified atom stereocenters. The van der Waals surface area contributed by atoms with E-state index < -0.39 is 0 Å². The number of benzene rings is 1. The fraction of sp³-hybridized carbons (Fsp3) is 0.316. The summed E-state index contributed by atoms with van der Waals surface area (Å²) in [6.45, 7) is 4.94. The van der Waals surface area contributed by atoms with Crippen molar-refractivity contribution in [1.29, 1.82) is 0 Å². The predicted octanol–water partition coefficient (Wildman–Crippen LogP) is 4.81. The molecule has 0 bridgehead atoms. The molecule has 4 rings (SSSR count). The van der Waals surface area contributed by atoms with Crippen molar-refractivity contribution < 1.29 is 9.13 Å². The zero-order chi connectivity index (χ0) is 18.6. The van der Waals surface area contributed by atoms with Crippen LogP contribution in [0, 0.1) is 5.82 Å². The van der Waals surface area contributed by atoms with Crippen LogP contribution in [0.4, 0.5) is 4.39 Å². The first kappa shape index (κ1) is 18.2. The average Bonchev–Trinajstić information content (AvgIpc) is 3.29. The second-order valence-electron chi connectivity index (χ2n) is 6.28. The van der Waals surface area contributed by atoms with Crippen LogP contribution in [0.25, 0.3) is 0 Å². The highest BCUT2D eigenvalue weighted by Gasteiger charge is 2.30. The molecule has 8 heteroatoms. The lowest BCUT2D eigenvalue weighted by molar-refractivity contribution is 0.305. The maximum absolute atomic E-state index is 12.9. The van der Waals surface area contributed by atoms with E-state index in [0.717, 1.165) is 34.0 Å². The zero-order valence-corrected chi connectivity index (χ0v) is 16.3. The van der Waals surface area contributed by atoms with Gasteiger partial charge in [-0.15, -0.1) is 28.1 Å². The molecule has 2 aromatic heterocycles. The molecule has 2 heterocycles. The number of hydrogen-bond donors (Lipinski definition) is 0. The van der Waals surface area contributed by atoms with Gasteiger partial charge in [-0.1, -0.05) is 17.8 Å². The molecule has 0 radical (unpaired) electrons. The summed E-state index contributed by atoms with van der Waals surface area (Å²) >= 11 is 3.20. The van der Waals surface area contributed by atoms with Crippen LogP contribution >= 0.6 is 23.1 Å². The molecule has 0 N–H and O–H groups in total. The Kier molecular flexibility index (Phi) is 5.54. The molecule has 1 aliphatic rings.